The second-order valence-electron chi connectivity index (χ2n) is 6.10. The number of ether oxygens (including phenoxy) is 1. The zero-order valence-electron chi connectivity index (χ0n) is 14.8. The highest BCUT2D eigenvalue weighted by atomic mass is 32.1. The van der Waals surface area contributed by atoms with Gasteiger partial charge in [0.05, 0.1) is 11.4 Å². The summed E-state index contributed by atoms with van der Waals surface area (Å²) in [5.41, 5.74) is 0.871. The standard InChI is InChI=1S/C20H19N3O2S2/c1-13(21-9-10-25-14-6-3-2-4-7-14)18-22-19(24)17-15(12-27-20(17)23-18)16-8-5-11-26-16/h2-8,11-13,21H,9-10H2,1H3,(H,22,23,24)/t13-/m0/s1. The van der Waals surface area contributed by atoms with Crippen LogP contribution in [0.3, 0.4) is 0 Å². The number of rotatable bonds is 7. The van der Waals surface area contributed by atoms with Crippen LogP contribution in [0.1, 0.15) is 18.8 Å². The van der Waals surface area contributed by atoms with E-state index in [1.165, 1.54) is 11.3 Å². The Labute approximate surface area is 164 Å². The van der Waals surface area contributed by atoms with Crippen LogP contribution >= 0.6 is 22.7 Å². The van der Waals surface area contributed by atoms with E-state index in [-0.39, 0.29) is 11.6 Å². The van der Waals surface area contributed by atoms with Crippen molar-refractivity contribution in [1.82, 2.24) is 15.3 Å². The third-order valence-electron chi connectivity index (χ3n) is 4.22. The van der Waals surface area contributed by atoms with Crippen molar-refractivity contribution in [2.24, 2.45) is 0 Å². The quantitative estimate of drug-likeness (QED) is 0.452. The zero-order chi connectivity index (χ0) is 18.6. The number of para-hydroxylation sites is 1. The van der Waals surface area contributed by atoms with Crippen LogP contribution in [0, 0.1) is 0 Å². The maximum Gasteiger partial charge on any atom is 0.260 e. The van der Waals surface area contributed by atoms with Crippen molar-refractivity contribution >= 4 is 32.9 Å². The smallest absolute Gasteiger partial charge is 0.260 e. The lowest BCUT2D eigenvalue weighted by Gasteiger charge is -2.13. The fourth-order valence-electron chi connectivity index (χ4n) is 2.84. The number of aromatic amines is 1. The molecule has 0 spiro atoms. The topological polar surface area (TPSA) is 67.0 Å². The molecule has 3 aromatic heterocycles. The summed E-state index contributed by atoms with van der Waals surface area (Å²) in [5.74, 6) is 1.49. The van der Waals surface area contributed by atoms with Gasteiger partial charge in [-0.2, -0.15) is 0 Å². The number of benzene rings is 1. The summed E-state index contributed by atoms with van der Waals surface area (Å²) in [6.07, 6.45) is 0. The summed E-state index contributed by atoms with van der Waals surface area (Å²) in [4.78, 5) is 22.1. The minimum absolute atomic E-state index is 0.0752. The van der Waals surface area contributed by atoms with E-state index in [2.05, 4.69) is 15.3 Å². The molecule has 0 amide bonds. The first-order chi connectivity index (χ1) is 13.2. The van der Waals surface area contributed by atoms with Gasteiger partial charge in [-0.25, -0.2) is 4.98 Å². The third-order valence-corrected chi connectivity index (χ3v) is 6.00. The summed E-state index contributed by atoms with van der Waals surface area (Å²) in [6.45, 7) is 3.19. The molecule has 1 atom stereocenters. The zero-order valence-corrected chi connectivity index (χ0v) is 16.4. The fraction of sp³-hybridized carbons (Fsp3) is 0.200. The van der Waals surface area contributed by atoms with Gasteiger partial charge in [-0.15, -0.1) is 22.7 Å². The molecule has 0 saturated carbocycles. The van der Waals surface area contributed by atoms with Gasteiger partial charge in [-0.3, -0.25) is 4.79 Å². The highest BCUT2D eigenvalue weighted by molar-refractivity contribution is 7.18. The average Bonchev–Trinajstić information content (AvgIpc) is 3.35. The number of hydrogen-bond donors (Lipinski definition) is 2. The van der Waals surface area contributed by atoms with Crippen molar-refractivity contribution in [3.63, 3.8) is 0 Å². The molecule has 3 heterocycles. The van der Waals surface area contributed by atoms with Gasteiger partial charge in [0, 0.05) is 22.4 Å². The number of hydrogen-bond acceptors (Lipinski definition) is 6. The van der Waals surface area contributed by atoms with Crippen LogP contribution < -0.4 is 15.6 Å². The van der Waals surface area contributed by atoms with E-state index in [4.69, 9.17) is 4.74 Å². The predicted molar refractivity (Wildman–Crippen MR) is 112 cm³/mol. The number of fused-ring (bicyclic) bond motifs is 1. The summed E-state index contributed by atoms with van der Waals surface area (Å²) in [6, 6.07) is 13.6. The molecule has 0 aliphatic heterocycles. The van der Waals surface area contributed by atoms with Gasteiger partial charge < -0.3 is 15.0 Å². The van der Waals surface area contributed by atoms with Gasteiger partial charge in [0.1, 0.15) is 23.0 Å². The van der Waals surface area contributed by atoms with Gasteiger partial charge in [0.25, 0.3) is 5.56 Å². The third kappa shape index (κ3) is 3.95. The van der Waals surface area contributed by atoms with Crippen LogP contribution in [0.5, 0.6) is 5.75 Å². The normalized spacial score (nSPS) is 12.3. The predicted octanol–water partition coefficient (Wildman–Crippen LogP) is 4.44. The molecule has 0 aliphatic carbocycles. The Balaban J connectivity index is 1.45. The van der Waals surface area contributed by atoms with Crippen molar-refractivity contribution in [3.05, 3.63) is 69.4 Å². The number of thiophene rings is 2. The van der Waals surface area contributed by atoms with Gasteiger partial charge in [0.2, 0.25) is 0 Å². The van der Waals surface area contributed by atoms with Crippen LogP contribution in [0.15, 0.2) is 58.0 Å². The largest absolute Gasteiger partial charge is 0.492 e. The van der Waals surface area contributed by atoms with Gasteiger partial charge in [0.15, 0.2) is 0 Å². The molecule has 0 bridgehead atoms. The number of H-pyrrole nitrogens is 1. The second kappa shape index (κ2) is 8.04. The van der Waals surface area contributed by atoms with E-state index in [1.54, 1.807) is 11.3 Å². The molecule has 5 nitrogen and oxygen atoms in total. The Hall–Kier alpha value is -2.48. The van der Waals surface area contributed by atoms with Gasteiger partial charge >= 0.3 is 0 Å². The van der Waals surface area contributed by atoms with E-state index in [1.807, 2.05) is 60.1 Å². The molecule has 0 aliphatic rings. The Morgan fingerprint density at radius 1 is 1.19 bits per heavy atom. The number of nitrogens with zero attached hydrogens (tertiary/aromatic N) is 1. The molecule has 2 N–H and O–H groups in total. The first-order valence-corrected chi connectivity index (χ1v) is 10.4. The van der Waals surface area contributed by atoms with Crippen molar-refractivity contribution in [2.75, 3.05) is 13.2 Å². The van der Waals surface area contributed by atoms with Crippen LogP contribution in [0.25, 0.3) is 20.7 Å². The lowest BCUT2D eigenvalue weighted by Crippen LogP contribution is -2.27. The summed E-state index contributed by atoms with van der Waals surface area (Å²) in [5, 5.41) is 8.04. The van der Waals surface area contributed by atoms with E-state index in [9.17, 15) is 4.79 Å². The molecular formula is C20H19N3O2S2. The highest BCUT2D eigenvalue weighted by Crippen LogP contribution is 2.33. The monoisotopic (exact) mass is 397 g/mol. The first kappa shape index (κ1) is 17.9. The minimum atomic E-state index is -0.0890. The van der Waals surface area contributed by atoms with E-state index in [0.29, 0.717) is 24.4 Å². The molecular weight excluding hydrogens is 378 g/mol. The Morgan fingerprint density at radius 3 is 2.81 bits per heavy atom. The van der Waals surface area contributed by atoms with Gasteiger partial charge in [-0.05, 0) is 30.5 Å². The molecule has 0 saturated heterocycles. The Morgan fingerprint density at radius 2 is 2.04 bits per heavy atom. The summed E-state index contributed by atoms with van der Waals surface area (Å²) < 4.78 is 5.68. The number of aromatic nitrogens is 2. The lowest BCUT2D eigenvalue weighted by molar-refractivity contribution is 0.306. The molecule has 4 rings (SSSR count). The van der Waals surface area contributed by atoms with Crippen molar-refractivity contribution in [1.29, 1.82) is 0 Å². The van der Waals surface area contributed by atoms with Gasteiger partial charge in [-0.1, -0.05) is 24.3 Å². The van der Waals surface area contributed by atoms with Crippen LogP contribution in [0.2, 0.25) is 0 Å². The molecule has 0 fully saturated rings. The molecule has 7 heteroatoms. The van der Waals surface area contributed by atoms with Crippen LogP contribution in [-0.4, -0.2) is 23.1 Å². The van der Waals surface area contributed by atoms with Crippen LogP contribution in [-0.2, 0) is 0 Å². The van der Waals surface area contributed by atoms with E-state index < -0.39 is 0 Å². The molecule has 0 unspecified atom stereocenters. The molecule has 1 aromatic carbocycles. The van der Waals surface area contributed by atoms with E-state index in [0.717, 1.165) is 21.0 Å². The highest BCUT2D eigenvalue weighted by Gasteiger charge is 2.16. The van der Waals surface area contributed by atoms with E-state index >= 15 is 0 Å². The van der Waals surface area contributed by atoms with Crippen molar-refractivity contribution in [3.8, 4) is 16.2 Å². The molecule has 138 valence electrons. The maximum atomic E-state index is 12.7. The molecule has 27 heavy (non-hydrogen) atoms. The Bertz CT molecular complexity index is 1070. The molecule has 4 aromatic rings. The van der Waals surface area contributed by atoms with Crippen molar-refractivity contribution in [2.45, 2.75) is 13.0 Å². The summed E-state index contributed by atoms with van der Waals surface area (Å²) >= 11 is 3.13. The first-order valence-electron chi connectivity index (χ1n) is 8.69. The summed E-state index contributed by atoms with van der Waals surface area (Å²) in [7, 11) is 0. The minimum Gasteiger partial charge on any atom is -0.492 e. The van der Waals surface area contributed by atoms with Crippen LogP contribution in [0.4, 0.5) is 0 Å². The van der Waals surface area contributed by atoms with Crippen molar-refractivity contribution < 1.29 is 4.74 Å². The SMILES string of the molecule is C[C@H](NCCOc1ccccc1)c1nc2scc(-c3cccs3)c2c(=O)[nH]1. The molecule has 0 radical (unpaired) electrons. The second-order valence-corrected chi connectivity index (χ2v) is 7.90. The Kier molecular flexibility index (Phi) is 5.33. The fourth-order valence-corrected chi connectivity index (χ4v) is 4.61. The number of nitrogens with one attached hydrogen (secondary N) is 2. The maximum absolute atomic E-state index is 12.7. The average molecular weight is 398 g/mol. The lowest BCUT2D eigenvalue weighted by atomic mass is 10.2.